The number of H-pyrrole nitrogens is 1. The number of carbonyl (C=O) groups excluding carboxylic acids is 1. The van der Waals surface area contributed by atoms with Crippen LogP contribution in [0.1, 0.15) is 18.8 Å². The van der Waals surface area contributed by atoms with E-state index in [9.17, 15) is 4.79 Å². The predicted molar refractivity (Wildman–Crippen MR) is 99.6 cm³/mol. The fraction of sp³-hybridized carbons (Fsp3) is 0.556. The molecule has 2 amide bonds. The number of hydrogen-bond donors (Lipinski definition) is 2. The Morgan fingerprint density at radius 2 is 1.68 bits per heavy atom. The summed E-state index contributed by atoms with van der Waals surface area (Å²) in [6.45, 7) is 7.28. The van der Waals surface area contributed by atoms with Crippen LogP contribution in [0, 0.1) is 0 Å². The third-order valence-corrected chi connectivity index (χ3v) is 4.81. The van der Waals surface area contributed by atoms with Gasteiger partial charge in [0.25, 0.3) is 0 Å². The SMILES string of the molecule is C[C@H](NC(=O)N1CCN(C)CCN(C)CC1)c1nc2ccccc2[nH]1. The van der Waals surface area contributed by atoms with Gasteiger partial charge in [0, 0.05) is 39.3 Å². The highest BCUT2D eigenvalue weighted by Crippen LogP contribution is 2.15. The van der Waals surface area contributed by atoms with Crippen molar-refractivity contribution >= 4 is 17.1 Å². The number of urea groups is 1. The molecule has 3 rings (SSSR count). The van der Waals surface area contributed by atoms with Crippen LogP contribution in [-0.2, 0) is 0 Å². The first-order valence-corrected chi connectivity index (χ1v) is 8.90. The molecule has 2 N–H and O–H groups in total. The lowest BCUT2D eigenvalue weighted by Crippen LogP contribution is -2.45. The van der Waals surface area contributed by atoms with Crippen LogP contribution < -0.4 is 5.32 Å². The fourth-order valence-electron chi connectivity index (χ4n) is 2.99. The van der Waals surface area contributed by atoms with Gasteiger partial charge in [0.15, 0.2) is 0 Å². The van der Waals surface area contributed by atoms with Gasteiger partial charge in [0.05, 0.1) is 17.1 Å². The molecule has 25 heavy (non-hydrogen) atoms. The maximum absolute atomic E-state index is 12.7. The van der Waals surface area contributed by atoms with Gasteiger partial charge < -0.3 is 25.0 Å². The Morgan fingerprint density at radius 1 is 1.08 bits per heavy atom. The molecule has 0 radical (unpaired) electrons. The Morgan fingerprint density at radius 3 is 2.32 bits per heavy atom. The molecule has 136 valence electrons. The largest absolute Gasteiger partial charge is 0.340 e. The molecule has 1 aromatic heterocycles. The summed E-state index contributed by atoms with van der Waals surface area (Å²) in [7, 11) is 4.21. The van der Waals surface area contributed by atoms with Crippen molar-refractivity contribution < 1.29 is 4.79 Å². The monoisotopic (exact) mass is 344 g/mol. The van der Waals surface area contributed by atoms with E-state index in [-0.39, 0.29) is 12.1 Å². The molecule has 7 nitrogen and oxygen atoms in total. The molecule has 1 saturated heterocycles. The quantitative estimate of drug-likeness (QED) is 0.867. The van der Waals surface area contributed by atoms with E-state index >= 15 is 0 Å². The van der Waals surface area contributed by atoms with E-state index in [2.05, 4.69) is 39.2 Å². The second-order valence-electron chi connectivity index (χ2n) is 6.90. The third-order valence-electron chi connectivity index (χ3n) is 4.81. The Balaban J connectivity index is 1.64. The maximum Gasteiger partial charge on any atom is 0.318 e. The number of aromatic nitrogens is 2. The van der Waals surface area contributed by atoms with Crippen molar-refractivity contribution in [3.05, 3.63) is 30.1 Å². The van der Waals surface area contributed by atoms with Gasteiger partial charge in [-0.1, -0.05) is 12.1 Å². The fourth-order valence-corrected chi connectivity index (χ4v) is 2.99. The minimum absolute atomic E-state index is 0.0309. The average Bonchev–Trinajstić information content (AvgIpc) is 3.05. The van der Waals surface area contributed by atoms with Crippen LogP contribution in [0.4, 0.5) is 4.79 Å². The Hall–Kier alpha value is -2.12. The van der Waals surface area contributed by atoms with E-state index in [0.717, 1.165) is 56.1 Å². The van der Waals surface area contributed by atoms with Crippen molar-refractivity contribution in [3.63, 3.8) is 0 Å². The molecule has 1 aliphatic heterocycles. The number of likely N-dealkylation sites (N-methyl/N-ethyl adjacent to an activating group) is 2. The minimum Gasteiger partial charge on any atom is -0.340 e. The zero-order chi connectivity index (χ0) is 17.8. The maximum atomic E-state index is 12.7. The number of nitrogens with zero attached hydrogens (tertiary/aromatic N) is 4. The summed E-state index contributed by atoms with van der Waals surface area (Å²) in [5, 5.41) is 3.08. The predicted octanol–water partition coefficient (Wildman–Crippen LogP) is 1.51. The Kier molecular flexibility index (Phi) is 5.55. The lowest BCUT2D eigenvalue weighted by Gasteiger charge is -2.26. The van der Waals surface area contributed by atoms with Crippen molar-refractivity contribution in [1.29, 1.82) is 0 Å². The van der Waals surface area contributed by atoms with Crippen LogP contribution in [0.3, 0.4) is 0 Å². The summed E-state index contributed by atoms with van der Waals surface area (Å²) >= 11 is 0. The standard InChI is InChI=1S/C18H28N6O/c1-14(17-20-15-6-4-5-7-16(15)21-17)19-18(25)24-12-10-22(2)8-9-23(3)11-13-24/h4-7,14H,8-13H2,1-3H3,(H,19,25)(H,20,21)/t14-/m0/s1. The van der Waals surface area contributed by atoms with Gasteiger partial charge in [-0.05, 0) is 33.2 Å². The Bertz CT molecular complexity index is 667. The number of rotatable bonds is 2. The van der Waals surface area contributed by atoms with Crippen LogP contribution in [0.2, 0.25) is 0 Å². The number of aromatic amines is 1. The molecule has 0 aliphatic carbocycles. The van der Waals surface area contributed by atoms with Crippen LogP contribution in [0.15, 0.2) is 24.3 Å². The topological polar surface area (TPSA) is 67.5 Å². The number of amides is 2. The lowest BCUT2D eigenvalue weighted by molar-refractivity contribution is 0.186. The van der Waals surface area contributed by atoms with E-state index < -0.39 is 0 Å². The highest BCUT2D eigenvalue weighted by molar-refractivity contribution is 5.76. The second-order valence-corrected chi connectivity index (χ2v) is 6.90. The highest BCUT2D eigenvalue weighted by Gasteiger charge is 2.20. The number of nitrogens with one attached hydrogen (secondary N) is 2. The molecule has 0 spiro atoms. The summed E-state index contributed by atoms with van der Waals surface area (Å²) in [5.41, 5.74) is 1.91. The van der Waals surface area contributed by atoms with Crippen molar-refractivity contribution in [3.8, 4) is 0 Å². The van der Waals surface area contributed by atoms with Crippen LogP contribution >= 0.6 is 0 Å². The number of fused-ring (bicyclic) bond motifs is 1. The van der Waals surface area contributed by atoms with Crippen molar-refractivity contribution in [2.24, 2.45) is 0 Å². The smallest absolute Gasteiger partial charge is 0.318 e. The zero-order valence-electron chi connectivity index (χ0n) is 15.3. The van der Waals surface area contributed by atoms with Crippen molar-refractivity contribution in [2.45, 2.75) is 13.0 Å². The summed E-state index contributed by atoms with van der Waals surface area (Å²) in [6.07, 6.45) is 0. The molecule has 7 heteroatoms. The van der Waals surface area contributed by atoms with Gasteiger partial charge in [-0.25, -0.2) is 9.78 Å². The first-order valence-electron chi connectivity index (χ1n) is 8.90. The van der Waals surface area contributed by atoms with Crippen molar-refractivity contribution in [1.82, 2.24) is 30.0 Å². The molecular formula is C18H28N6O. The number of benzene rings is 1. The summed E-state index contributed by atoms with van der Waals surface area (Å²) in [4.78, 5) is 27.0. The van der Waals surface area contributed by atoms with E-state index in [1.807, 2.05) is 36.1 Å². The van der Waals surface area contributed by atoms with E-state index in [4.69, 9.17) is 0 Å². The van der Waals surface area contributed by atoms with Gasteiger partial charge in [0.2, 0.25) is 0 Å². The third kappa shape index (κ3) is 4.49. The summed E-state index contributed by atoms with van der Waals surface area (Å²) in [6, 6.07) is 7.71. The Labute approximate surface area is 149 Å². The zero-order valence-corrected chi connectivity index (χ0v) is 15.3. The first-order chi connectivity index (χ1) is 12.0. The molecule has 0 saturated carbocycles. The number of imidazole rings is 1. The van der Waals surface area contributed by atoms with Crippen molar-refractivity contribution in [2.75, 3.05) is 53.4 Å². The van der Waals surface area contributed by atoms with Gasteiger partial charge in [-0.2, -0.15) is 0 Å². The summed E-state index contributed by atoms with van der Waals surface area (Å²) < 4.78 is 0. The van der Waals surface area contributed by atoms with Crippen LogP contribution in [0.25, 0.3) is 11.0 Å². The first kappa shape index (κ1) is 17.7. The molecule has 2 heterocycles. The molecule has 1 aromatic carbocycles. The summed E-state index contributed by atoms with van der Waals surface area (Å²) in [5.74, 6) is 0.785. The van der Waals surface area contributed by atoms with Gasteiger partial charge in [-0.3, -0.25) is 0 Å². The number of hydrogen-bond acceptors (Lipinski definition) is 4. The minimum atomic E-state index is -0.164. The molecule has 1 fully saturated rings. The number of para-hydroxylation sites is 2. The molecular weight excluding hydrogens is 316 g/mol. The molecule has 2 aromatic rings. The van der Waals surface area contributed by atoms with Crippen LogP contribution in [-0.4, -0.2) is 84.1 Å². The second kappa shape index (κ2) is 7.84. The van der Waals surface area contributed by atoms with E-state index in [1.165, 1.54) is 0 Å². The van der Waals surface area contributed by atoms with Gasteiger partial charge >= 0.3 is 6.03 Å². The van der Waals surface area contributed by atoms with E-state index in [1.54, 1.807) is 0 Å². The lowest BCUT2D eigenvalue weighted by atomic mass is 10.3. The highest BCUT2D eigenvalue weighted by atomic mass is 16.2. The number of carbonyl (C=O) groups is 1. The van der Waals surface area contributed by atoms with E-state index in [0.29, 0.717) is 0 Å². The van der Waals surface area contributed by atoms with Gasteiger partial charge in [-0.15, -0.1) is 0 Å². The normalized spacial score (nSPS) is 19.2. The molecule has 1 atom stereocenters. The molecule has 1 aliphatic rings. The van der Waals surface area contributed by atoms with Gasteiger partial charge in [0.1, 0.15) is 5.82 Å². The average molecular weight is 344 g/mol. The van der Waals surface area contributed by atoms with Crippen LogP contribution in [0.5, 0.6) is 0 Å². The molecule has 0 bridgehead atoms. The molecule has 0 unspecified atom stereocenters.